The molecule has 1 atom stereocenters. The Bertz CT molecular complexity index is 1300. The molecular weight excluding hydrogens is 521 g/mol. The fourth-order valence-electron chi connectivity index (χ4n) is 4.60. The summed E-state index contributed by atoms with van der Waals surface area (Å²) < 4.78 is 12.9. The van der Waals surface area contributed by atoms with E-state index in [-0.39, 0.29) is 5.78 Å². The van der Waals surface area contributed by atoms with Crippen LogP contribution >= 0.6 is 11.8 Å². The Balaban J connectivity index is 1.64. The van der Waals surface area contributed by atoms with Gasteiger partial charge in [-0.15, -0.1) is 0 Å². The quantitative estimate of drug-likeness (QED) is 0.129. The second-order valence-corrected chi connectivity index (χ2v) is 16.4. The van der Waals surface area contributed by atoms with Gasteiger partial charge < -0.3 is 14.1 Å². The molecule has 0 N–H and O–H groups in total. The molecule has 1 aliphatic carbocycles. The van der Waals surface area contributed by atoms with E-state index in [9.17, 15) is 4.79 Å². The minimum atomic E-state index is -2.04. The third kappa shape index (κ3) is 7.94. The van der Waals surface area contributed by atoms with E-state index in [2.05, 4.69) is 59.9 Å². The Labute approximate surface area is 238 Å². The number of benzene rings is 2. The maximum atomic E-state index is 14.0. The Morgan fingerprint density at radius 1 is 0.949 bits per heavy atom. The molecule has 0 spiro atoms. The zero-order chi connectivity index (χ0) is 27.9. The van der Waals surface area contributed by atoms with Crippen LogP contribution in [0, 0.1) is 0 Å². The van der Waals surface area contributed by atoms with E-state index < -0.39 is 13.9 Å². The van der Waals surface area contributed by atoms with Crippen molar-refractivity contribution >= 4 is 37.6 Å². The molecule has 0 saturated carbocycles. The first-order valence-electron chi connectivity index (χ1n) is 13.4. The van der Waals surface area contributed by atoms with Gasteiger partial charge in [-0.3, -0.25) is 9.78 Å². The van der Waals surface area contributed by atoms with Crippen molar-refractivity contribution in [2.75, 3.05) is 25.6 Å². The van der Waals surface area contributed by atoms with Crippen LogP contribution in [-0.2, 0) is 9.22 Å². The summed E-state index contributed by atoms with van der Waals surface area (Å²) in [4.78, 5) is 21.9. The second-order valence-electron chi connectivity index (χ2n) is 10.9. The Kier molecular flexibility index (Phi) is 9.48. The number of rotatable bonds is 12. The number of carbonyl (C=O) groups is 1. The van der Waals surface area contributed by atoms with Crippen LogP contribution in [0.4, 0.5) is 5.69 Å². The number of ketones is 1. The average molecular weight is 559 g/mol. The third-order valence-corrected chi connectivity index (χ3v) is 8.34. The van der Waals surface area contributed by atoms with Gasteiger partial charge >= 0.3 is 0 Å². The third-order valence-electron chi connectivity index (χ3n) is 6.33. The number of nitrogens with zero attached hydrogens (tertiary/aromatic N) is 2. The number of ether oxygens (including phenoxy) is 1. The molecule has 0 radical (unpaired) electrons. The van der Waals surface area contributed by atoms with Gasteiger partial charge in [0, 0.05) is 42.6 Å². The van der Waals surface area contributed by atoms with Crippen molar-refractivity contribution in [1.29, 1.82) is 0 Å². The lowest BCUT2D eigenvalue weighted by molar-refractivity contribution is -0.112. The maximum absolute atomic E-state index is 14.0. The van der Waals surface area contributed by atoms with Gasteiger partial charge in [0.25, 0.3) is 0 Å². The zero-order valence-electron chi connectivity index (χ0n) is 23.5. The standard InChI is InChI=1S/C32H38N2O3SSi/c1-34(2)26-15-13-25(14-16-26)23-29-31(35)30(38-28-17-20-33-21-18-28)24-32(29,37-39(3,4)5)19-9-10-22-36-27-11-7-6-8-12-27/h6-8,11-18,20-21,23-24H,9-10,19,22H2,1-5H3/b29-23+. The molecule has 3 aromatic rings. The highest BCUT2D eigenvalue weighted by Gasteiger charge is 2.46. The molecule has 4 rings (SSSR count). The molecule has 1 unspecified atom stereocenters. The van der Waals surface area contributed by atoms with E-state index in [4.69, 9.17) is 9.16 Å². The molecule has 0 saturated heterocycles. The number of pyridine rings is 1. The Morgan fingerprint density at radius 3 is 2.28 bits per heavy atom. The first-order chi connectivity index (χ1) is 18.7. The minimum absolute atomic E-state index is 0.0345. The summed E-state index contributed by atoms with van der Waals surface area (Å²) in [5, 5.41) is 0. The number of hydrogen-bond acceptors (Lipinski definition) is 6. The summed E-state index contributed by atoms with van der Waals surface area (Å²) in [6.45, 7) is 7.17. The minimum Gasteiger partial charge on any atom is -0.494 e. The molecule has 39 heavy (non-hydrogen) atoms. The monoisotopic (exact) mass is 558 g/mol. The molecule has 0 fully saturated rings. The van der Waals surface area contributed by atoms with Gasteiger partial charge in [-0.1, -0.05) is 42.1 Å². The molecule has 0 aliphatic heterocycles. The van der Waals surface area contributed by atoms with Gasteiger partial charge in [-0.2, -0.15) is 0 Å². The lowest BCUT2D eigenvalue weighted by Crippen LogP contribution is -2.42. The highest BCUT2D eigenvalue weighted by molar-refractivity contribution is 8.04. The van der Waals surface area contributed by atoms with Crippen molar-refractivity contribution < 1.29 is 14.0 Å². The number of thioether (sulfide) groups is 1. The Hall–Kier alpha value is -3.13. The molecule has 204 valence electrons. The van der Waals surface area contributed by atoms with Crippen LogP contribution in [0.1, 0.15) is 24.8 Å². The summed E-state index contributed by atoms with van der Waals surface area (Å²) in [5.41, 5.74) is 2.04. The van der Waals surface area contributed by atoms with Crippen molar-refractivity contribution in [1.82, 2.24) is 4.98 Å². The van der Waals surface area contributed by atoms with E-state index in [1.165, 1.54) is 11.8 Å². The molecule has 7 heteroatoms. The number of hydrogen-bond donors (Lipinski definition) is 0. The molecule has 5 nitrogen and oxygen atoms in total. The van der Waals surface area contributed by atoms with Crippen molar-refractivity contribution in [3.63, 3.8) is 0 Å². The van der Waals surface area contributed by atoms with Gasteiger partial charge in [0.2, 0.25) is 0 Å². The van der Waals surface area contributed by atoms with Crippen LogP contribution in [-0.4, -0.2) is 45.4 Å². The van der Waals surface area contributed by atoms with E-state index in [1.807, 2.05) is 62.6 Å². The van der Waals surface area contributed by atoms with Gasteiger partial charge in [-0.25, -0.2) is 0 Å². The second kappa shape index (κ2) is 12.8. The number of unbranched alkanes of at least 4 members (excludes halogenated alkanes) is 1. The first kappa shape index (κ1) is 28.9. The topological polar surface area (TPSA) is 51.7 Å². The van der Waals surface area contributed by atoms with Crippen LogP contribution in [0.5, 0.6) is 5.75 Å². The number of allylic oxidation sites excluding steroid dienone is 1. The van der Waals surface area contributed by atoms with Crippen LogP contribution in [0.15, 0.2) is 101 Å². The van der Waals surface area contributed by atoms with Crippen molar-refractivity contribution in [2.45, 2.75) is 49.4 Å². The van der Waals surface area contributed by atoms with E-state index in [1.54, 1.807) is 12.4 Å². The number of Topliss-reactive ketones (excluding diaryl/α,β-unsaturated/α-hetero) is 1. The largest absolute Gasteiger partial charge is 0.494 e. The van der Waals surface area contributed by atoms with Crippen molar-refractivity contribution in [3.8, 4) is 5.75 Å². The fraction of sp³-hybridized carbons (Fsp3) is 0.312. The molecule has 0 bridgehead atoms. The summed E-state index contributed by atoms with van der Waals surface area (Å²) >= 11 is 1.48. The molecule has 1 heterocycles. The van der Waals surface area contributed by atoms with Crippen LogP contribution < -0.4 is 9.64 Å². The van der Waals surface area contributed by atoms with E-state index >= 15 is 0 Å². The SMILES string of the molecule is CN(C)c1ccc(/C=C2\C(=O)C(Sc3ccncc3)=CC2(CCCCOc2ccccc2)O[Si](C)(C)C)cc1. The van der Waals surface area contributed by atoms with Crippen molar-refractivity contribution in [2.24, 2.45) is 0 Å². The van der Waals surface area contributed by atoms with E-state index in [0.29, 0.717) is 23.5 Å². The molecule has 2 aromatic carbocycles. The van der Waals surface area contributed by atoms with Gasteiger partial charge in [0.05, 0.1) is 11.5 Å². The van der Waals surface area contributed by atoms with Gasteiger partial charge in [-0.05, 0) is 93.0 Å². The number of para-hydroxylation sites is 1. The maximum Gasteiger partial charge on any atom is 0.198 e. The van der Waals surface area contributed by atoms with Crippen LogP contribution in [0.3, 0.4) is 0 Å². The molecule has 0 amide bonds. The Morgan fingerprint density at radius 2 is 1.64 bits per heavy atom. The predicted molar refractivity (Wildman–Crippen MR) is 165 cm³/mol. The first-order valence-corrected chi connectivity index (χ1v) is 17.6. The number of anilines is 1. The summed E-state index contributed by atoms with van der Waals surface area (Å²) in [6, 6.07) is 22.0. The van der Waals surface area contributed by atoms with Crippen molar-refractivity contribution in [3.05, 3.63) is 101 Å². The summed E-state index contributed by atoms with van der Waals surface area (Å²) in [5.74, 6) is 0.909. The fourth-order valence-corrected chi connectivity index (χ4v) is 6.92. The average Bonchev–Trinajstić information content (AvgIpc) is 3.14. The highest BCUT2D eigenvalue weighted by Crippen LogP contribution is 2.46. The highest BCUT2D eigenvalue weighted by atomic mass is 32.2. The lowest BCUT2D eigenvalue weighted by atomic mass is 9.89. The molecule has 1 aliphatic rings. The lowest BCUT2D eigenvalue weighted by Gasteiger charge is -2.36. The number of carbonyl (C=O) groups excluding carboxylic acids is 1. The smallest absolute Gasteiger partial charge is 0.198 e. The summed E-state index contributed by atoms with van der Waals surface area (Å²) in [7, 11) is 2.00. The zero-order valence-corrected chi connectivity index (χ0v) is 25.3. The number of aromatic nitrogens is 1. The molecule has 1 aromatic heterocycles. The van der Waals surface area contributed by atoms with Gasteiger partial charge in [0.15, 0.2) is 14.1 Å². The predicted octanol–water partition coefficient (Wildman–Crippen LogP) is 7.63. The van der Waals surface area contributed by atoms with Gasteiger partial charge in [0.1, 0.15) is 11.4 Å². The van der Waals surface area contributed by atoms with Crippen LogP contribution in [0.2, 0.25) is 19.6 Å². The molecular formula is C32H38N2O3SSi. The summed E-state index contributed by atoms with van der Waals surface area (Å²) in [6.07, 6.45) is 10.1. The normalized spacial score (nSPS) is 18.3. The van der Waals surface area contributed by atoms with E-state index in [0.717, 1.165) is 34.7 Å². The van der Waals surface area contributed by atoms with Crippen LogP contribution in [0.25, 0.3) is 6.08 Å².